The van der Waals surface area contributed by atoms with Crippen molar-refractivity contribution in [3.63, 3.8) is 0 Å². The lowest BCUT2D eigenvalue weighted by Crippen LogP contribution is -2.38. The SMILES string of the molecule is CC(NC(=O)C1CCNC1C)c1c(F)cccc1F. The lowest BCUT2D eigenvalue weighted by molar-refractivity contribution is -0.125. The summed E-state index contributed by atoms with van der Waals surface area (Å²) in [5, 5.41) is 5.87. The van der Waals surface area contributed by atoms with Gasteiger partial charge in [0.2, 0.25) is 5.91 Å². The first kappa shape index (κ1) is 13.9. The zero-order chi connectivity index (χ0) is 14.0. The number of amides is 1. The van der Waals surface area contributed by atoms with Gasteiger partial charge in [0.25, 0.3) is 0 Å². The fourth-order valence-electron chi connectivity index (χ4n) is 2.53. The normalized spacial score (nSPS) is 24.2. The van der Waals surface area contributed by atoms with Crippen LogP contribution in [0.4, 0.5) is 8.78 Å². The van der Waals surface area contributed by atoms with E-state index in [2.05, 4.69) is 10.6 Å². The molecule has 3 unspecified atom stereocenters. The largest absolute Gasteiger partial charge is 0.349 e. The van der Waals surface area contributed by atoms with Crippen LogP contribution in [0.15, 0.2) is 18.2 Å². The van der Waals surface area contributed by atoms with Crippen molar-refractivity contribution < 1.29 is 13.6 Å². The van der Waals surface area contributed by atoms with Gasteiger partial charge in [-0.3, -0.25) is 4.79 Å². The van der Waals surface area contributed by atoms with Crippen LogP contribution in [0.1, 0.15) is 31.9 Å². The van der Waals surface area contributed by atoms with E-state index in [1.54, 1.807) is 6.92 Å². The molecular weight excluding hydrogens is 250 g/mol. The smallest absolute Gasteiger partial charge is 0.225 e. The van der Waals surface area contributed by atoms with Crippen molar-refractivity contribution in [2.75, 3.05) is 6.54 Å². The van der Waals surface area contributed by atoms with Gasteiger partial charge in [0.05, 0.1) is 12.0 Å². The molecule has 1 heterocycles. The lowest BCUT2D eigenvalue weighted by Gasteiger charge is -2.20. The van der Waals surface area contributed by atoms with E-state index < -0.39 is 17.7 Å². The summed E-state index contributed by atoms with van der Waals surface area (Å²) in [6.45, 7) is 4.32. The molecule has 1 saturated heterocycles. The monoisotopic (exact) mass is 268 g/mol. The van der Waals surface area contributed by atoms with Crippen molar-refractivity contribution in [2.24, 2.45) is 5.92 Å². The lowest BCUT2D eigenvalue weighted by atomic mass is 9.99. The van der Waals surface area contributed by atoms with Gasteiger partial charge < -0.3 is 10.6 Å². The van der Waals surface area contributed by atoms with Gasteiger partial charge >= 0.3 is 0 Å². The van der Waals surface area contributed by atoms with Crippen molar-refractivity contribution in [3.8, 4) is 0 Å². The van der Waals surface area contributed by atoms with E-state index in [1.807, 2.05) is 6.92 Å². The van der Waals surface area contributed by atoms with E-state index in [0.717, 1.165) is 13.0 Å². The number of halogens is 2. The van der Waals surface area contributed by atoms with Gasteiger partial charge in [-0.25, -0.2) is 8.78 Å². The van der Waals surface area contributed by atoms with Crippen molar-refractivity contribution in [1.82, 2.24) is 10.6 Å². The summed E-state index contributed by atoms with van der Waals surface area (Å²) in [5.74, 6) is -1.57. The molecule has 0 aliphatic carbocycles. The van der Waals surface area contributed by atoms with E-state index in [1.165, 1.54) is 18.2 Å². The Morgan fingerprint density at radius 3 is 2.58 bits per heavy atom. The molecule has 5 heteroatoms. The molecule has 2 N–H and O–H groups in total. The van der Waals surface area contributed by atoms with E-state index in [0.29, 0.717) is 0 Å². The van der Waals surface area contributed by atoms with Crippen LogP contribution < -0.4 is 10.6 Å². The van der Waals surface area contributed by atoms with Gasteiger partial charge in [0.15, 0.2) is 0 Å². The average Bonchev–Trinajstić information content (AvgIpc) is 2.75. The average molecular weight is 268 g/mol. The van der Waals surface area contributed by atoms with Crippen LogP contribution in [-0.4, -0.2) is 18.5 Å². The van der Waals surface area contributed by atoms with Crippen LogP contribution in [0, 0.1) is 17.6 Å². The molecule has 0 spiro atoms. The highest BCUT2D eigenvalue weighted by atomic mass is 19.1. The Hall–Kier alpha value is -1.49. The predicted octanol–water partition coefficient (Wildman–Crippen LogP) is 2.14. The van der Waals surface area contributed by atoms with E-state index in [-0.39, 0.29) is 23.4 Å². The van der Waals surface area contributed by atoms with Crippen LogP contribution in [0.25, 0.3) is 0 Å². The van der Waals surface area contributed by atoms with Gasteiger partial charge in [-0.1, -0.05) is 6.07 Å². The Morgan fingerprint density at radius 2 is 2.05 bits per heavy atom. The second-order valence-corrected chi connectivity index (χ2v) is 5.00. The fraction of sp³-hybridized carbons (Fsp3) is 0.500. The first-order valence-corrected chi connectivity index (χ1v) is 6.48. The third-order valence-corrected chi connectivity index (χ3v) is 3.65. The number of hydrogen-bond donors (Lipinski definition) is 2. The Morgan fingerprint density at radius 1 is 1.42 bits per heavy atom. The molecule has 104 valence electrons. The Bertz CT molecular complexity index is 458. The predicted molar refractivity (Wildman–Crippen MR) is 68.5 cm³/mol. The molecular formula is C14H18F2N2O. The Labute approximate surface area is 111 Å². The van der Waals surface area contributed by atoms with Gasteiger partial charge in [-0.2, -0.15) is 0 Å². The molecule has 2 rings (SSSR count). The zero-order valence-corrected chi connectivity index (χ0v) is 11.0. The highest BCUT2D eigenvalue weighted by Gasteiger charge is 2.30. The topological polar surface area (TPSA) is 41.1 Å². The highest BCUT2D eigenvalue weighted by molar-refractivity contribution is 5.80. The van der Waals surface area contributed by atoms with Gasteiger partial charge in [-0.05, 0) is 38.9 Å². The van der Waals surface area contributed by atoms with Crippen LogP contribution in [0.5, 0.6) is 0 Å². The van der Waals surface area contributed by atoms with Crippen molar-refractivity contribution in [1.29, 1.82) is 0 Å². The first-order chi connectivity index (χ1) is 9.00. The summed E-state index contributed by atoms with van der Waals surface area (Å²) < 4.78 is 27.2. The molecule has 3 atom stereocenters. The van der Waals surface area contributed by atoms with Crippen LogP contribution in [-0.2, 0) is 4.79 Å². The number of benzene rings is 1. The Balaban J connectivity index is 2.08. The van der Waals surface area contributed by atoms with Crippen LogP contribution >= 0.6 is 0 Å². The quantitative estimate of drug-likeness (QED) is 0.882. The van der Waals surface area contributed by atoms with E-state index >= 15 is 0 Å². The molecule has 1 aliphatic heterocycles. The molecule has 1 aliphatic rings. The summed E-state index contributed by atoms with van der Waals surface area (Å²) >= 11 is 0. The Kier molecular flexibility index (Phi) is 4.14. The van der Waals surface area contributed by atoms with Crippen molar-refractivity contribution in [3.05, 3.63) is 35.4 Å². The number of carbonyl (C=O) groups excluding carboxylic acids is 1. The molecule has 1 amide bonds. The molecule has 1 aromatic rings. The molecule has 0 saturated carbocycles. The maximum absolute atomic E-state index is 13.6. The second-order valence-electron chi connectivity index (χ2n) is 5.00. The first-order valence-electron chi connectivity index (χ1n) is 6.48. The summed E-state index contributed by atoms with van der Waals surface area (Å²) in [7, 11) is 0. The van der Waals surface area contributed by atoms with Crippen molar-refractivity contribution >= 4 is 5.91 Å². The van der Waals surface area contributed by atoms with Gasteiger partial charge in [0.1, 0.15) is 11.6 Å². The summed E-state index contributed by atoms with van der Waals surface area (Å²) in [4.78, 5) is 12.1. The summed E-state index contributed by atoms with van der Waals surface area (Å²) in [6, 6.07) is 3.12. The maximum atomic E-state index is 13.6. The van der Waals surface area contributed by atoms with Crippen molar-refractivity contribution in [2.45, 2.75) is 32.4 Å². The third kappa shape index (κ3) is 2.92. The third-order valence-electron chi connectivity index (χ3n) is 3.65. The summed E-state index contributed by atoms with van der Waals surface area (Å²) in [5.41, 5.74) is -0.0885. The van der Waals surface area contributed by atoms with Gasteiger partial charge in [0, 0.05) is 11.6 Å². The minimum Gasteiger partial charge on any atom is -0.349 e. The molecule has 1 aromatic carbocycles. The molecule has 0 radical (unpaired) electrons. The van der Waals surface area contributed by atoms with Crippen LogP contribution in [0.3, 0.4) is 0 Å². The standard InChI is InChI=1S/C14H18F2N2O/c1-8-10(6-7-17-8)14(19)18-9(2)13-11(15)4-3-5-12(13)16/h3-5,8-10,17H,6-7H2,1-2H3,(H,18,19). The number of rotatable bonds is 3. The van der Waals surface area contributed by atoms with Crippen LogP contribution in [0.2, 0.25) is 0 Å². The maximum Gasteiger partial charge on any atom is 0.225 e. The minimum absolute atomic E-state index is 0.0885. The second kappa shape index (κ2) is 5.65. The molecule has 0 aromatic heterocycles. The fourth-order valence-corrected chi connectivity index (χ4v) is 2.53. The number of nitrogens with one attached hydrogen (secondary N) is 2. The van der Waals surface area contributed by atoms with E-state index in [4.69, 9.17) is 0 Å². The summed E-state index contributed by atoms with van der Waals surface area (Å²) in [6.07, 6.45) is 0.749. The minimum atomic E-state index is -0.679. The molecule has 0 bridgehead atoms. The molecule has 3 nitrogen and oxygen atoms in total. The molecule has 1 fully saturated rings. The zero-order valence-electron chi connectivity index (χ0n) is 11.0. The number of hydrogen-bond acceptors (Lipinski definition) is 2. The number of carbonyl (C=O) groups is 1. The van der Waals surface area contributed by atoms with Gasteiger partial charge in [-0.15, -0.1) is 0 Å². The van der Waals surface area contributed by atoms with E-state index in [9.17, 15) is 13.6 Å². The molecule has 19 heavy (non-hydrogen) atoms. The highest BCUT2D eigenvalue weighted by Crippen LogP contribution is 2.22.